The minimum Gasteiger partial charge on any atom is -0.457 e. The van der Waals surface area contributed by atoms with Crippen LogP contribution in [0.3, 0.4) is 0 Å². The fraction of sp³-hybridized carbons (Fsp3) is 0.452. The number of Topliss-reactive ketones (excluding diaryl/α,β-unsaturated/α-hetero) is 1. The monoisotopic (exact) mass is 651 g/mol. The van der Waals surface area contributed by atoms with Crippen molar-refractivity contribution in [2.24, 2.45) is 11.3 Å². The Labute approximate surface area is 270 Å². The summed E-state index contributed by atoms with van der Waals surface area (Å²) in [6.45, 7) is 5.29. The first-order chi connectivity index (χ1) is 22.0. The molecule has 3 aliphatic rings. The zero-order valence-electron chi connectivity index (χ0n) is 25.8. The van der Waals surface area contributed by atoms with E-state index in [0.29, 0.717) is 28.4 Å². The van der Waals surface area contributed by atoms with E-state index in [4.69, 9.17) is 16.3 Å². The van der Waals surface area contributed by atoms with Gasteiger partial charge in [0.05, 0.1) is 11.4 Å². The van der Waals surface area contributed by atoms with Gasteiger partial charge >= 0.3 is 5.97 Å². The summed E-state index contributed by atoms with van der Waals surface area (Å²) in [7, 11) is 3.77. The molecular weight excluding hydrogens is 617 g/mol. The third-order valence-corrected chi connectivity index (χ3v) is 9.25. The number of amides is 1. The minimum atomic E-state index is -1.40. The molecule has 2 N–H and O–H groups in total. The van der Waals surface area contributed by atoms with E-state index < -0.39 is 17.2 Å². The number of carbonyl (C=O) groups is 3. The first-order valence-electron chi connectivity index (χ1n) is 15.1. The zero-order valence-corrected chi connectivity index (χ0v) is 26.6. The number of ketones is 1. The second-order valence-electron chi connectivity index (χ2n) is 12.3. The van der Waals surface area contributed by atoms with Gasteiger partial charge in [0.1, 0.15) is 29.2 Å². The maximum absolute atomic E-state index is 14.8. The lowest BCUT2D eigenvalue weighted by Gasteiger charge is -2.45. The van der Waals surface area contributed by atoms with Crippen LogP contribution in [0.1, 0.15) is 19.8 Å². The second kappa shape index (κ2) is 12.9. The summed E-state index contributed by atoms with van der Waals surface area (Å²) < 4.78 is 19.8. The van der Waals surface area contributed by atoms with E-state index in [2.05, 4.69) is 47.6 Å². The Hall–Kier alpha value is -4.27. The normalized spacial score (nSPS) is 23.5. The molecule has 0 radical (unpaired) electrons. The number of cyclic esters (lactones) is 1. The van der Waals surface area contributed by atoms with Crippen LogP contribution in [0.4, 0.5) is 27.5 Å². The van der Waals surface area contributed by atoms with Crippen molar-refractivity contribution < 1.29 is 23.5 Å². The lowest BCUT2D eigenvalue weighted by molar-refractivity contribution is -0.145. The molecule has 2 aromatic heterocycles. The predicted molar refractivity (Wildman–Crippen MR) is 169 cm³/mol. The molecular formula is C31H35ClFN9O4. The molecule has 2 aliphatic heterocycles. The Morgan fingerprint density at radius 3 is 2.57 bits per heavy atom. The van der Waals surface area contributed by atoms with E-state index in [1.807, 2.05) is 0 Å². The lowest BCUT2D eigenvalue weighted by Crippen LogP contribution is -2.54. The molecule has 1 unspecified atom stereocenters. The molecule has 0 spiro atoms. The van der Waals surface area contributed by atoms with E-state index in [1.165, 1.54) is 31.5 Å². The van der Waals surface area contributed by atoms with Gasteiger partial charge in [-0.3, -0.25) is 19.3 Å². The number of nitrogens with one attached hydrogen (secondary N) is 2. The number of nitrogens with zero attached hydrogens (tertiary/aromatic N) is 7. The number of piperazine rings is 1. The average molecular weight is 652 g/mol. The first-order valence-corrected chi connectivity index (χ1v) is 15.5. The van der Waals surface area contributed by atoms with Gasteiger partial charge in [0.25, 0.3) is 0 Å². The van der Waals surface area contributed by atoms with Crippen LogP contribution < -0.4 is 15.5 Å². The van der Waals surface area contributed by atoms with Gasteiger partial charge < -0.3 is 25.2 Å². The van der Waals surface area contributed by atoms with Crippen LogP contribution in [0.2, 0.25) is 5.02 Å². The van der Waals surface area contributed by atoms with Crippen LogP contribution in [0.15, 0.2) is 36.7 Å². The molecule has 3 aromatic rings. The number of benzene rings is 1. The van der Waals surface area contributed by atoms with Crippen molar-refractivity contribution in [3.8, 4) is 11.3 Å². The highest BCUT2D eigenvalue weighted by Gasteiger charge is 2.49. The van der Waals surface area contributed by atoms with Crippen molar-refractivity contribution in [1.82, 2.24) is 30.0 Å². The molecule has 46 heavy (non-hydrogen) atoms. The Balaban J connectivity index is 1.21. The van der Waals surface area contributed by atoms with Gasteiger partial charge in [0, 0.05) is 68.4 Å². The van der Waals surface area contributed by atoms with Crippen molar-refractivity contribution in [3.05, 3.63) is 47.5 Å². The Bertz CT molecular complexity index is 1650. The van der Waals surface area contributed by atoms with E-state index in [9.17, 15) is 18.8 Å². The fourth-order valence-corrected chi connectivity index (χ4v) is 6.17. The summed E-state index contributed by atoms with van der Waals surface area (Å²) in [6, 6.07) is 7.67. The second-order valence-corrected chi connectivity index (χ2v) is 12.8. The highest BCUT2D eigenvalue weighted by molar-refractivity contribution is 6.30. The van der Waals surface area contributed by atoms with Crippen LogP contribution in [-0.4, -0.2) is 107 Å². The number of ether oxygens (including phenoxy) is 1. The first kappa shape index (κ1) is 31.7. The summed E-state index contributed by atoms with van der Waals surface area (Å²) in [5.41, 5.74) is -0.739. The number of anilines is 4. The molecule has 0 bridgehead atoms. The van der Waals surface area contributed by atoms with Crippen LogP contribution in [0.5, 0.6) is 0 Å². The maximum atomic E-state index is 14.8. The van der Waals surface area contributed by atoms with E-state index in [0.717, 1.165) is 39.0 Å². The fourth-order valence-electron chi connectivity index (χ4n) is 6.00. The lowest BCUT2D eigenvalue weighted by atomic mass is 9.78. The van der Waals surface area contributed by atoms with E-state index in [-0.39, 0.29) is 47.8 Å². The highest BCUT2D eigenvalue weighted by atomic mass is 35.5. The quantitative estimate of drug-likeness (QED) is 0.259. The van der Waals surface area contributed by atoms with Crippen molar-refractivity contribution in [2.75, 3.05) is 69.0 Å². The Morgan fingerprint density at radius 2 is 1.85 bits per heavy atom. The number of hydrogen-bond donors (Lipinski definition) is 2. The number of rotatable bonds is 9. The number of likely N-dealkylation sites (N-methyl/N-ethyl adjacent to an activating group) is 1. The molecule has 2 saturated heterocycles. The molecule has 4 heterocycles. The molecule has 1 amide bonds. The van der Waals surface area contributed by atoms with Gasteiger partial charge in [-0.15, -0.1) is 10.2 Å². The van der Waals surface area contributed by atoms with Gasteiger partial charge in [0.2, 0.25) is 5.91 Å². The zero-order chi connectivity index (χ0) is 32.6. The van der Waals surface area contributed by atoms with Crippen LogP contribution >= 0.6 is 11.6 Å². The Morgan fingerprint density at radius 1 is 1.11 bits per heavy atom. The molecule has 15 heteroatoms. The largest absolute Gasteiger partial charge is 0.457 e. The van der Waals surface area contributed by atoms with E-state index >= 15 is 0 Å². The third-order valence-electron chi connectivity index (χ3n) is 9.01. The molecule has 3 fully saturated rings. The van der Waals surface area contributed by atoms with Crippen molar-refractivity contribution in [3.63, 3.8) is 0 Å². The SMILES string of the molecule is CN1CCN(C2CC(C(=O)Nc3cc(Nc4cc(-c5cc(Cl)ccc5F)nnc4N(C)CC4(C)C(=O)COC4=O)ncn3)C2)CC1. The average Bonchev–Trinajstić information content (AvgIpc) is 3.25. The van der Waals surface area contributed by atoms with Crippen molar-refractivity contribution in [2.45, 2.75) is 25.8 Å². The minimum absolute atomic E-state index is 0.0412. The third kappa shape index (κ3) is 6.50. The molecule has 1 saturated carbocycles. The topological polar surface area (TPSA) is 146 Å². The van der Waals surface area contributed by atoms with E-state index in [1.54, 1.807) is 24.1 Å². The molecule has 1 atom stereocenters. The number of halogens is 2. The summed E-state index contributed by atoms with van der Waals surface area (Å²) in [5, 5.41) is 14.9. The van der Waals surface area contributed by atoms with Gasteiger partial charge in [-0.25, -0.2) is 14.4 Å². The maximum Gasteiger partial charge on any atom is 0.321 e. The summed E-state index contributed by atoms with van der Waals surface area (Å²) in [4.78, 5) is 52.9. The molecule has 242 valence electrons. The van der Waals surface area contributed by atoms with Crippen molar-refractivity contribution >= 4 is 52.4 Å². The summed E-state index contributed by atoms with van der Waals surface area (Å²) >= 11 is 6.13. The number of hydrogen-bond acceptors (Lipinski definition) is 12. The van der Waals surface area contributed by atoms with Crippen LogP contribution in [-0.2, 0) is 19.1 Å². The smallest absolute Gasteiger partial charge is 0.321 e. The summed E-state index contributed by atoms with van der Waals surface area (Å²) in [6.07, 6.45) is 2.93. The number of carbonyl (C=O) groups excluding carboxylic acids is 3. The Kier molecular flexibility index (Phi) is 8.86. The molecule has 1 aliphatic carbocycles. The van der Waals surface area contributed by atoms with Gasteiger partial charge in [-0.1, -0.05) is 11.6 Å². The standard InChI is InChI=1S/C31H35ClFN9O4/c1-31(25(43)15-46-30(31)45)16-41(3)28-24(13-23(38-39-28)21-12-19(32)4-5-22(21)33)36-26-14-27(35-17-34-26)37-29(44)18-10-20(11-18)42-8-6-40(2)7-9-42/h4-5,12-14,17-18,20H,6-11,15-16H2,1-3H3,(H2,34,35,36,37,38,44). The molecule has 13 nitrogen and oxygen atoms in total. The number of aromatic nitrogens is 4. The van der Waals surface area contributed by atoms with Gasteiger partial charge in [-0.05, 0) is 51.1 Å². The molecule has 1 aromatic carbocycles. The van der Waals surface area contributed by atoms with Crippen molar-refractivity contribution in [1.29, 1.82) is 0 Å². The van der Waals surface area contributed by atoms with Crippen LogP contribution in [0.25, 0.3) is 11.3 Å². The molecule has 6 rings (SSSR count). The number of esters is 1. The highest BCUT2D eigenvalue weighted by Crippen LogP contribution is 2.36. The summed E-state index contributed by atoms with van der Waals surface area (Å²) in [5.74, 6) is -0.816. The predicted octanol–water partition coefficient (Wildman–Crippen LogP) is 3.00. The van der Waals surface area contributed by atoms with Gasteiger partial charge in [0.15, 0.2) is 18.2 Å². The van der Waals surface area contributed by atoms with Gasteiger partial charge in [-0.2, -0.15) is 0 Å². The van der Waals surface area contributed by atoms with Crippen LogP contribution in [0, 0.1) is 17.2 Å².